The van der Waals surface area contributed by atoms with Gasteiger partial charge in [-0.1, -0.05) is 23.7 Å². The fraction of sp³-hybridized carbons (Fsp3) is 0.455. The minimum atomic E-state index is -0.655. The van der Waals surface area contributed by atoms with Gasteiger partial charge >= 0.3 is 0 Å². The van der Waals surface area contributed by atoms with Gasteiger partial charge in [0.05, 0.1) is 6.10 Å². The maximum atomic E-state index is 13.2. The zero-order chi connectivity index (χ0) is 19.9. The van der Waals surface area contributed by atoms with E-state index in [1.54, 1.807) is 24.3 Å². The summed E-state index contributed by atoms with van der Waals surface area (Å²) in [5, 5.41) is 11.2. The Morgan fingerprint density at radius 1 is 1.29 bits per heavy atom. The molecule has 0 saturated carbocycles. The van der Waals surface area contributed by atoms with Crippen molar-refractivity contribution < 1.29 is 19.0 Å². The molecule has 2 aromatic rings. The summed E-state index contributed by atoms with van der Waals surface area (Å²) in [5.41, 5.74) is 1.94. The van der Waals surface area contributed by atoms with Gasteiger partial charge in [-0.3, -0.25) is 4.90 Å². The van der Waals surface area contributed by atoms with Crippen molar-refractivity contribution in [1.82, 2.24) is 4.90 Å². The van der Waals surface area contributed by atoms with E-state index in [1.165, 1.54) is 12.1 Å². The van der Waals surface area contributed by atoms with Crippen LogP contribution in [-0.4, -0.2) is 48.5 Å². The van der Waals surface area contributed by atoms with Gasteiger partial charge in [-0.15, -0.1) is 0 Å². The smallest absolute Gasteiger partial charge is 0.123 e. The van der Waals surface area contributed by atoms with E-state index < -0.39 is 6.10 Å². The van der Waals surface area contributed by atoms with Crippen LogP contribution >= 0.6 is 11.6 Å². The Kier molecular flexibility index (Phi) is 7.68. The Morgan fingerprint density at radius 2 is 2.07 bits per heavy atom. The fourth-order valence-corrected chi connectivity index (χ4v) is 3.50. The molecule has 1 heterocycles. The number of hydrogen-bond donors (Lipinski definition) is 1. The van der Waals surface area contributed by atoms with Gasteiger partial charge in [-0.2, -0.15) is 0 Å². The Bertz CT molecular complexity index is 750. The number of aliphatic hydroxyl groups excluding tert-OH is 1. The molecule has 2 aromatic carbocycles. The minimum Gasteiger partial charge on any atom is -0.491 e. The zero-order valence-electron chi connectivity index (χ0n) is 16.1. The molecule has 0 aliphatic carbocycles. The van der Waals surface area contributed by atoms with E-state index in [1.807, 2.05) is 13.0 Å². The SMILES string of the molecule is Cc1cc(OCC(O)CN(Cc2ccc(F)cc2)CC2CCCO2)ccc1Cl. The largest absolute Gasteiger partial charge is 0.491 e. The lowest BCUT2D eigenvalue weighted by Crippen LogP contribution is -2.39. The second kappa shape index (κ2) is 10.2. The fourth-order valence-electron chi connectivity index (χ4n) is 3.38. The summed E-state index contributed by atoms with van der Waals surface area (Å²) < 4.78 is 24.7. The Balaban J connectivity index is 1.56. The molecule has 0 aromatic heterocycles. The minimum absolute atomic E-state index is 0.174. The van der Waals surface area contributed by atoms with Crippen molar-refractivity contribution in [3.8, 4) is 5.75 Å². The number of ether oxygens (including phenoxy) is 2. The average molecular weight is 408 g/mol. The third-order valence-electron chi connectivity index (χ3n) is 4.85. The topological polar surface area (TPSA) is 41.9 Å². The quantitative estimate of drug-likeness (QED) is 0.676. The molecule has 0 bridgehead atoms. The molecule has 4 nitrogen and oxygen atoms in total. The number of hydrogen-bond acceptors (Lipinski definition) is 4. The molecule has 2 atom stereocenters. The highest BCUT2D eigenvalue weighted by molar-refractivity contribution is 6.31. The van der Waals surface area contributed by atoms with E-state index in [-0.39, 0.29) is 18.5 Å². The molecule has 2 unspecified atom stereocenters. The standard InChI is InChI=1S/C22H27ClFNO3/c1-16-11-20(8-9-22(16)23)28-15-19(26)13-25(14-21-3-2-10-27-21)12-17-4-6-18(24)7-5-17/h4-9,11,19,21,26H,2-3,10,12-15H2,1H3. The Morgan fingerprint density at radius 3 is 2.75 bits per heavy atom. The van der Waals surface area contributed by atoms with Crippen molar-refractivity contribution in [3.05, 3.63) is 64.4 Å². The first-order chi connectivity index (χ1) is 13.5. The molecule has 1 N–H and O–H groups in total. The predicted molar refractivity (Wildman–Crippen MR) is 108 cm³/mol. The molecule has 0 radical (unpaired) electrons. The van der Waals surface area contributed by atoms with E-state index in [0.717, 1.165) is 37.1 Å². The van der Waals surface area contributed by atoms with Crippen molar-refractivity contribution >= 4 is 11.6 Å². The van der Waals surface area contributed by atoms with Crippen LogP contribution in [0.2, 0.25) is 5.02 Å². The lowest BCUT2D eigenvalue weighted by atomic mass is 10.1. The summed E-state index contributed by atoms with van der Waals surface area (Å²) >= 11 is 6.03. The first-order valence-electron chi connectivity index (χ1n) is 9.65. The summed E-state index contributed by atoms with van der Waals surface area (Å²) in [6.07, 6.45) is 1.61. The Labute approximate surface area is 170 Å². The number of benzene rings is 2. The number of aryl methyl sites for hydroxylation is 1. The van der Waals surface area contributed by atoms with Gasteiger partial charge in [0, 0.05) is 31.3 Å². The predicted octanol–water partition coefficient (Wildman–Crippen LogP) is 4.21. The summed E-state index contributed by atoms with van der Waals surface area (Å²) in [6, 6.07) is 11.9. The van der Waals surface area contributed by atoms with Crippen LogP contribution in [0.3, 0.4) is 0 Å². The van der Waals surface area contributed by atoms with E-state index in [4.69, 9.17) is 21.1 Å². The van der Waals surface area contributed by atoms with Gasteiger partial charge in [0.25, 0.3) is 0 Å². The van der Waals surface area contributed by atoms with E-state index in [9.17, 15) is 9.50 Å². The van der Waals surface area contributed by atoms with Crippen LogP contribution in [0.15, 0.2) is 42.5 Å². The molecule has 3 rings (SSSR count). The highest BCUT2D eigenvalue weighted by atomic mass is 35.5. The van der Waals surface area contributed by atoms with Gasteiger partial charge in [0.1, 0.15) is 24.3 Å². The first-order valence-corrected chi connectivity index (χ1v) is 10.0. The molecule has 28 heavy (non-hydrogen) atoms. The molecule has 1 fully saturated rings. The average Bonchev–Trinajstić information content (AvgIpc) is 3.17. The molecular weight excluding hydrogens is 381 g/mol. The monoisotopic (exact) mass is 407 g/mol. The van der Waals surface area contributed by atoms with Gasteiger partial charge < -0.3 is 14.6 Å². The van der Waals surface area contributed by atoms with Crippen molar-refractivity contribution in [2.75, 3.05) is 26.3 Å². The van der Waals surface area contributed by atoms with E-state index >= 15 is 0 Å². The third kappa shape index (κ3) is 6.45. The highest BCUT2D eigenvalue weighted by Gasteiger charge is 2.21. The van der Waals surface area contributed by atoms with E-state index in [2.05, 4.69) is 4.90 Å². The van der Waals surface area contributed by atoms with Gasteiger partial charge in [-0.25, -0.2) is 4.39 Å². The van der Waals surface area contributed by atoms with Crippen LogP contribution in [0.1, 0.15) is 24.0 Å². The van der Waals surface area contributed by atoms with Crippen LogP contribution in [0.5, 0.6) is 5.75 Å². The van der Waals surface area contributed by atoms with Gasteiger partial charge in [-0.05, 0) is 61.2 Å². The third-order valence-corrected chi connectivity index (χ3v) is 5.27. The van der Waals surface area contributed by atoms with Crippen molar-refractivity contribution in [2.45, 2.75) is 38.5 Å². The molecule has 1 aliphatic heterocycles. The maximum Gasteiger partial charge on any atom is 0.123 e. The van der Waals surface area contributed by atoms with Crippen molar-refractivity contribution in [1.29, 1.82) is 0 Å². The number of rotatable bonds is 9. The molecule has 152 valence electrons. The molecule has 0 spiro atoms. The highest BCUT2D eigenvalue weighted by Crippen LogP contribution is 2.21. The lowest BCUT2D eigenvalue weighted by Gasteiger charge is -2.27. The first kappa shape index (κ1) is 21.1. The zero-order valence-corrected chi connectivity index (χ0v) is 16.9. The summed E-state index contributed by atoms with van der Waals surface area (Å²) in [4.78, 5) is 2.14. The summed E-state index contributed by atoms with van der Waals surface area (Å²) in [5.74, 6) is 0.436. The molecule has 6 heteroatoms. The van der Waals surface area contributed by atoms with Crippen molar-refractivity contribution in [2.24, 2.45) is 0 Å². The van der Waals surface area contributed by atoms with Crippen LogP contribution in [0.4, 0.5) is 4.39 Å². The van der Waals surface area contributed by atoms with Crippen LogP contribution in [0, 0.1) is 12.7 Å². The maximum absolute atomic E-state index is 13.2. The molecule has 1 aliphatic rings. The van der Waals surface area contributed by atoms with Crippen LogP contribution in [0.25, 0.3) is 0 Å². The number of halogens is 2. The summed E-state index contributed by atoms with van der Waals surface area (Å²) in [6.45, 7) is 4.69. The van der Waals surface area contributed by atoms with Crippen molar-refractivity contribution in [3.63, 3.8) is 0 Å². The van der Waals surface area contributed by atoms with E-state index in [0.29, 0.717) is 23.9 Å². The van der Waals surface area contributed by atoms with Crippen LogP contribution < -0.4 is 4.74 Å². The molecular formula is C22H27ClFNO3. The van der Waals surface area contributed by atoms with Gasteiger partial charge in [0.15, 0.2) is 0 Å². The normalized spacial score (nSPS) is 17.8. The Hall–Kier alpha value is -1.66. The molecule has 0 amide bonds. The second-order valence-corrected chi connectivity index (χ2v) is 7.74. The lowest BCUT2D eigenvalue weighted by molar-refractivity contribution is 0.0313. The summed E-state index contributed by atoms with van der Waals surface area (Å²) in [7, 11) is 0. The second-order valence-electron chi connectivity index (χ2n) is 7.33. The van der Waals surface area contributed by atoms with Gasteiger partial charge in [0.2, 0.25) is 0 Å². The van der Waals surface area contributed by atoms with Crippen LogP contribution in [-0.2, 0) is 11.3 Å². The number of aliphatic hydroxyl groups is 1. The molecule has 1 saturated heterocycles. The number of nitrogens with zero attached hydrogens (tertiary/aromatic N) is 1.